The predicted molar refractivity (Wildman–Crippen MR) is 153 cm³/mol. The Kier molecular flexibility index (Phi) is 7.16. The molecule has 4 aromatic rings. The Hall–Kier alpha value is -4.20. The molecule has 0 radical (unpaired) electrons. The molecule has 2 N–H and O–H groups in total. The van der Waals surface area contributed by atoms with Gasteiger partial charge >= 0.3 is 0 Å². The molecular weight excluding hydrogens is 504 g/mol. The molecule has 0 bridgehead atoms. The molecule has 8 heteroatoms. The summed E-state index contributed by atoms with van der Waals surface area (Å²) in [5.74, 6) is 1.04. The molecule has 1 aliphatic heterocycles. The summed E-state index contributed by atoms with van der Waals surface area (Å²) < 4.78 is 6.02. The number of benzodiazepines with no additional fused rings is 1. The lowest BCUT2D eigenvalue weighted by atomic mass is 10.0. The summed E-state index contributed by atoms with van der Waals surface area (Å²) in [7, 11) is 1.71. The molecule has 1 atom stereocenters. The molecule has 0 saturated carbocycles. The third-order valence-electron chi connectivity index (χ3n) is 5.82. The van der Waals surface area contributed by atoms with Crippen LogP contribution < -0.4 is 20.3 Å². The van der Waals surface area contributed by atoms with Gasteiger partial charge in [0.15, 0.2) is 10.9 Å². The molecular formula is C29H23ClN4O2S. The van der Waals surface area contributed by atoms with Crippen molar-refractivity contribution < 1.29 is 9.53 Å². The fourth-order valence-corrected chi connectivity index (χ4v) is 4.42. The second-order valence-corrected chi connectivity index (χ2v) is 9.16. The van der Waals surface area contributed by atoms with Gasteiger partial charge in [0.05, 0.1) is 17.1 Å². The van der Waals surface area contributed by atoms with E-state index in [2.05, 4.69) is 10.6 Å². The van der Waals surface area contributed by atoms with E-state index in [0.29, 0.717) is 33.6 Å². The Morgan fingerprint density at radius 1 is 0.946 bits per heavy atom. The molecule has 1 unspecified atom stereocenters. The van der Waals surface area contributed by atoms with Crippen molar-refractivity contribution >= 4 is 51.9 Å². The summed E-state index contributed by atoms with van der Waals surface area (Å²) in [4.78, 5) is 19.9. The van der Waals surface area contributed by atoms with Crippen molar-refractivity contribution in [3.8, 4) is 11.5 Å². The van der Waals surface area contributed by atoms with Crippen LogP contribution in [0.2, 0.25) is 5.02 Å². The number of fused-ring (bicyclic) bond motifs is 1. The molecule has 0 aliphatic carbocycles. The highest BCUT2D eigenvalue weighted by molar-refractivity contribution is 7.80. The zero-order chi connectivity index (χ0) is 25.8. The number of carbonyl (C=O) groups excluding carboxylic acids is 1. The van der Waals surface area contributed by atoms with Crippen molar-refractivity contribution in [3.05, 3.63) is 119 Å². The first kappa shape index (κ1) is 24.5. The molecule has 4 aromatic carbocycles. The van der Waals surface area contributed by atoms with Gasteiger partial charge in [0.25, 0.3) is 5.91 Å². The Bertz CT molecular complexity index is 1480. The van der Waals surface area contributed by atoms with Crippen LogP contribution in [0.15, 0.2) is 108 Å². The van der Waals surface area contributed by atoms with Gasteiger partial charge in [-0.05, 0) is 54.7 Å². The number of ether oxygens (including phenoxy) is 1. The van der Waals surface area contributed by atoms with E-state index in [0.717, 1.165) is 11.1 Å². The fraction of sp³-hybridized carbons (Fsp3) is 0.0690. The number of amides is 1. The number of halogens is 1. The number of nitrogens with one attached hydrogen (secondary N) is 2. The van der Waals surface area contributed by atoms with Crippen LogP contribution in [-0.4, -0.2) is 29.9 Å². The third-order valence-corrected chi connectivity index (χ3v) is 6.27. The number of rotatable bonds is 5. The standard InChI is InChI=1S/C29H23ClN4O2S/c1-34-24-17-16-20(30)18-22(24)26(19-10-4-2-5-11-19)32-27(28(34)35)33-29(37)31-23-14-8-9-15-25(23)36-21-12-6-3-7-13-21/h2-18,27H,1H3,(H2,31,33,37). The molecule has 0 spiro atoms. The average molecular weight is 527 g/mol. The number of anilines is 2. The lowest BCUT2D eigenvalue weighted by Gasteiger charge is -2.22. The van der Waals surface area contributed by atoms with Crippen molar-refractivity contribution in [2.24, 2.45) is 4.99 Å². The first-order valence-corrected chi connectivity index (χ1v) is 12.4. The van der Waals surface area contributed by atoms with Crippen molar-refractivity contribution in [1.82, 2.24) is 5.32 Å². The summed E-state index contributed by atoms with van der Waals surface area (Å²) in [6.45, 7) is 0. The van der Waals surface area contributed by atoms with Crippen LogP contribution >= 0.6 is 23.8 Å². The van der Waals surface area contributed by atoms with E-state index in [9.17, 15) is 4.79 Å². The largest absolute Gasteiger partial charge is 0.455 e. The molecule has 0 saturated heterocycles. The van der Waals surface area contributed by atoms with E-state index < -0.39 is 6.17 Å². The van der Waals surface area contributed by atoms with Crippen LogP contribution in [0.25, 0.3) is 0 Å². The maximum atomic E-state index is 13.5. The van der Waals surface area contributed by atoms with E-state index in [4.69, 9.17) is 33.5 Å². The average Bonchev–Trinajstić information content (AvgIpc) is 3.01. The summed E-state index contributed by atoms with van der Waals surface area (Å²) in [6.07, 6.45) is -0.964. The summed E-state index contributed by atoms with van der Waals surface area (Å²) in [5, 5.41) is 7.02. The van der Waals surface area contributed by atoms with E-state index >= 15 is 0 Å². The second-order valence-electron chi connectivity index (χ2n) is 8.31. The van der Waals surface area contributed by atoms with Crippen LogP contribution in [0.3, 0.4) is 0 Å². The van der Waals surface area contributed by atoms with Gasteiger partial charge in [-0.3, -0.25) is 4.79 Å². The molecule has 0 fully saturated rings. The molecule has 1 heterocycles. The molecule has 1 aliphatic rings. The summed E-state index contributed by atoms with van der Waals surface area (Å²) in [5.41, 5.74) is 3.63. The number of thiocarbonyl (C=S) groups is 1. The minimum Gasteiger partial charge on any atom is -0.455 e. The van der Waals surface area contributed by atoms with Gasteiger partial charge in [-0.25, -0.2) is 4.99 Å². The molecule has 1 amide bonds. The highest BCUT2D eigenvalue weighted by Crippen LogP contribution is 2.31. The van der Waals surface area contributed by atoms with Crippen molar-refractivity contribution in [2.45, 2.75) is 6.17 Å². The van der Waals surface area contributed by atoms with Crippen LogP contribution in [0.1, 0.15) is 11.1 Å². The quantitative estimate of drug-likeness (QED) is 0.300. The van der Waals surface area contributed by atoms with E-state index in [1.54, 1.807) is 18.0 Å². The van der Waals surface area contributed by atoms with E-state index in [-0.39, 0.29) is 11.0 Å². The number of aliphatic imine (C=N–C) groups is 1. The SMILES string of the molecule is CN1C(=O)C(NC(=S)Nc2ccccc2Oc2ccccc2)N=C(c2ccccc2)c2cc(Cl)ccc21. The second kappa shape index (κ2) is 10.8. The first-order chi connectivity index (χ1) is 18.0. The smallest absolute Gasteiger partial charge is 0.272 e. The van der Waals surface area contributed by atoms with Gasteiger partial charge in [-0.1, -0.05) is 72.3 Å². The van der Waals surface area contributed by atoms with Gasteiger partial charge in [0, 0.05) is 23.2 Å². The minimum atomic E-state index is -0.964. The number of benzene rings is 4. The zero-order valence-corrected chi connectivity index (χ0v) is 21.5. The number of hydrogen-bond donors (Lipinski definition) is 2. The summed E-state index contributed by atoms with van der Waals surface area (Å²) in [6, 6.07) is 32.0. The number of likely N-dealkylation sites (N-methyl/N-ethyl adjacent to an activating group) is 1. The number of nitrogens with zero attached hydrogens (tertiary/aromatic N) is 2. The fourth-order valence-electron chi connectivity index (χ4n) is 4.02. The molecule has 184 valence electrons. The van der Waals surface area contributed by atoms with Gasteiger partial charge in [0.2, 0.25) is 6.17 Å². The maximum absolute atomic E-state index is 13.5. The van der Waals surface area contributed by atoms with Crippen molar-refractivity contribution in [3.63, 3.8) is 0 Å². The van der Waals surface area contributed by atoms with Crippen LogP contribution in [0.5, 0.6) is 11.5 Å². The van der Waals surface area contributed by atoms with Gasteiger partial charge in [-0.2, -0.15) is 0 Å². The van der Waals surface area contributed by atoms with E-state index in [1.807, 2.05) is 97.1 Å². The van der Waals surface area contributed by atoms with E-state index in [1.165, 1.54) is 0 Å². The maximum Gasteiger partial charge on any atom is 0.272 e. The number of hydrogen-bond acceptors (Lipinski definition) is 4. The lowest BCUT2D eigenvalue weighted by molar-refractivity contribution is -0.119. The van der Waals surface area contributed by atoms with Gasteiger partial charge in [-0.15, -0.1) is 0 Å². The minimum absolute atomic E-state index is 0.232. The van der Waals surface area contributed by atoms with Crippen LogP contribution in [0.4, 0.5) is 11.4 Å². The predicted octanol–water partition coefficient (Wildman–Crippen LogP) is 6.26. The highest BCUT2D eigenvalue weighted by atomic mass is 35.5. The summed E-state index contributed by atoms with van der Waals surface area (Å²) >= 11 is 11.9. The highest BCUT2D eigenvalue weighted by Gasteiger charge is 2.30. The Morgan fingerprint density at radius 2 is 1.62 bits per heavy atom. The van der Waals surface area contributed by atoms with Crippen LogP contribution in [0, 0.1) is 0 Å². The first-order valence-electron chi connectivity index (χ1n) is 11.6. The monoisotopic (exact) mass is 526 g/mol. The Labute approximate surface area is 225 Å². The van der Waals surface area contributed by atoms with Gasteiger partial charge in [0.1, 0.15) is 5.75 Å². The van der Waals surface area contributed by atoms with Crippen LogP contribution in [-0.2, 0) is 4.79 Å². The van der Waals surface area contributed by atoms with Crippen molar-refractivity contribution in [1.29, 1.82) is 0 Å². The Morgan fingerprint density at radius 3 is 2.38 bits per heavy atom. The normalized spacial score (nSPS) is 14.8. The Balaban J connectivity index is 1.44. The molecule has 6 nitrogen and oxygen atoms in total. The molecule has 5 rings (SSSR count). The molecule has 37 heavy (non-hydrogen) atoms. The molecule has 0 aromatic heterocycles. The zero-order valence-electron chi connectivity index (χ0n) is 19.9. The van der Waals surface area contributed by atoms with Crippen molar-refractivity contribution in [2.75, 3.05) is 17.3 Å². The van der Waals surface area contributed by atoms with Gasteiger partial charge < -0.3 is 20.3 Å². The number of para-hydroxylation sites is 3. The topological polar surface area (TPSA) is 66.0 Å². The lowest BCUT2D eigenvalue weighted by Crippen LogP contribution is -2.47. The number of carbonyl (C=O) groups is 1. The third kappa shape index (κ3) is 5.48.